The van der Waals surface area contributed by atoms with Gasteiger partial charge in [-0.05, 0) is 43.5 Å². The molecule has 0 spiro atoms. The third kappa shape index (κ3) is 8.19. The number of rotatable bonds is 15. The maximum absolute atomic E-state index is 13.7. The molecule has 2 heterocycles. The molecule has 2 N–H and O–H groups in total. The monoisotopic (exact) mass is 773 g/mol. The quantitative estimate of drug-likeness (QED) is 0.151. The summed E-state index contributed by atoms with van der Waals surface area (Å²) >= 11 is 0.288. The van der Waals surface area contributed by atoms with Gasteiger partial charge in [-0.15, -0.1) is 0 Å². The van der Waals surface area contributed by atoms with Gasteiger partial charge in [-0.1, -0.05) is 18.2 Å². The molecule has 5 amide bonds. The second kappa shape index (κ2) is 15.1. The van der Waals surface area contributed by atoms with Gasteiger partial charge in [0.25, 0.3) is 11.8 Å². The Morgan fingerprint density at radius 3 is 2.45 bits per heavy atom. The van der Waals surface area contributed by atoms with E-state index in [2.05, 4.69) is 10.6 Å². The molecule has 1 aromatic carbocycles. The first kappa shape index (κ1) is 32.1. The molecule has 222 valence electrons. The molecule has 4 rings (SSSR count). The summed E-state index contributed by atoms with van der Waals surface area (Å²) in [5.74, 6) is -2.22. The SMILES string of the molecule is CC1(OCCCOCCOCCOCCN[C](=O)[Tl])C=Cc2cccc3c2C(=C1)C(=O)N(C1CCC(=O)NC1=O)C3=O. The number of piperidine rings is 1. The van der Waals surface area contributed by atoms with E-state index in [4.69, 9.17) is 18.9 Å². The zero-order valence-corrected chi connectivity index (χ0v) is 28.0. The number of carbonyl (C=O) groups is 5. The molecule has 0 radical (unpaired) electrons. The van der Waals surface area contributed by atoms with Crippen LogP contribution in [0.1, 0.15) is 47.7 Å². The smallest absolute Gasteiger partial charge is 0.262 e. The summed E-state index contributed by atoms with van der Waals surface area (Å²) in [4.78, 5) is 63.2. The second-order valence-electron chi connectivity index (χ2n) is 10.1. The van der Waals surface area contributed by atoms with Gasteiger partial charge >= 0.3 is 99.7 Å². The molecule has 2 aliphatic heterocycles. The van der Waals surface area contributed by atoms with Crippen molar-refractivity contribution in [2.45, 2.75) is 37.8 Å². The summed E-state index contributed by atoms with van der Waals surface area (Å²) in [5, 5.41) is 4.96. The van der Waals surface area contributed by atoms with Crippen molar-refractivity contribution < 1.29 is 42.9 Å². The number of carbonyl (C=O) groups excluding carboxylic acids is 5. The number of nitrogens with one attached hydrogen (secondary N) is 2. The summed E-state index contributed by atoms with van der Waals surface area (Å²) in [5.41, 5.74) is 0.878. The minimum absolute atomic E-state index is 0.0483. The molecule has 1 aliphatic carbocycles. The van der Waals surface area contributed by atoms with Gasteiger partial charge in [0.15, 0.2) is 0 Å². The summed E-state index contributed by atoms with van der Waals surface area (Å²) in [7, 11) is 0. The van der Waals surface area contributed by atoms with Gasteiger partial charge in [0, 0.05) is 23.1 Å². The molecule has 12 nitrogen and oxygen atoms in total. The van der Waals surface area contributed by atoms with Crippen LogP contribution >= 0.6 is 0 Å². The predicted molar refractivity (Wildman–Crippen MR) is 151 cm³/mol. The van der Waals surface area contributed by atoms with Crippen molar-refractivity contribution in [1.29, 1.82) is 0 Å². The number of hydrogen-bond donors (Lipinski definition) is 2. The van der Waals surface area contributed by atoms with Crippen molar-refractivity contribution in [2.24, 2.45) is 0 Å². The van der Waals surface area contributed by atoms with Crippen LogP contribution in [0.3, 0.4) is 0 Å². The third-order valence-corrected chi connectivity index (χ3v) is 7.74. The number of nitrogens with zero attached hydrogens (tertiary/aromatic N) is 1. The van der Waals surface area contributed by atoms with Crippen LogP contribution in [0.2, 0.25) is 0 Å². The summed E-state index contributed by atoms with van der Waals surface area (Å²) in [6, 6.07) is 4.14. The van der Waals surface area contributed by atoms with Crippen molar-refractivity contribution in [3.63, 3.8) is 0 Å². The maximum Gasteiger partial charge on any atom is 0.262 e. The Morgan fingerprint density at radius 1 is 1.02 bits per heavy atom. The van der Waals surface area contributed by atoms with Crippen LogP contribution in [0.15, 0.2) is 30.4 Å². The molecule has 2 atom stereocenters. The fourth-order valence-electron chi connectivity index (χ4n) is 4.91. The van der Waals surface area contributed by atoms with Crippen molar-refractivity contribution in [3.8, 4) is 0 Å². The van der Waals surface area contributed by atoms with E-state index in [0.717, 1.165) is 4.90 Å². The number of hydrogen-bond acceptors (Lipinski definition) is 9. The van der Waals surface area contributed by atoms with Gasteiger partial charge in [-0.25, -0.2) is 0 Å². The first-order chi connectivity index (χ1) is 20.2. The molecule has 1 aromatic rings. The molecule has 1 fully saturated rings. The second-order valence-corrected chi connectivity index (χ2v) is 12.2. The van der Waals surface area contributed by atoms with Crippen molar-refractivity contribution in [2.75, 3.05) is 52.8 Å². The molecule has 1 saturated heterocycles. The molecule has 2 unspecified atom stereocenters. The average Bonchev–Trinajstić information content (AvgIpc) is 3.10. The average molecular weight is 773 g/mol. The molecule has 3 aliphatic rings. The van der Waals surface area contributed by atoms with E-state index in [0.29, 0.717) is 75.9 Å². The van der Waals surface area contributed by atoms with Crippen molar-refractivity contribution in [1.82, 2.24) is 15.5 Å². The molecule has 42 heavy (non-hydrogen) atoms. The molecule has 0 bridgehead atoms. The minimum atomic E-state index is -1.06. The molecule has 0 saturated carbocycles. The maximum atomic E-state index is 13.7. The van der Waals surface area contributed by atoms with E-state index in [1.807, 2.05) is 25.1 Å². The Balaban J connectivity index is 1.28. The Morgan fingerprint density at radius 2 is 1.74 bits per heavy atom. The van der Waals surface area contributed by atoms with E-state index in [1.54, 1.807) is 18.2 Å². The van der Waals surface area contributed by atoms with Gasteiger partial charge in [0.05, 0.1) is 6.61 Å². The van der Waals surface area contributed by atoms with Gasteiger partial charge in [-0.3, -0.25) is 29.4 Å². The Labute approximate surface area is 259 Å². The number of imide groups is 2. The largest absolute Gasteiger partial charge is 0.295 e. The van der Waals surface area contributed by atoms with Crippen LogP contribution in [0.25, 0.3) is 11.6 Å². The fourth-order valence-corrected chi connectivity index (χ4v) is 5.47. The van der Waals surface area contributed by atoms with Crippen LogP contribution in [-0.2, 0) is 33.3 Å². The van der Waals surface area contributed by atoms with Gasteiger partial charge in [-0.2, -0.15) is 0 Å². The number of benzene rings is 1. The van der Waals surface area contributed by atoms with E-state index in [-0.39, 0.29) is 47.6 Å². The van der Waals surface area contributed by atoms with Gasteiger partial charge in [0.2, 0.25) is 11.8 Å². The topological polar surface area (TPSA) is 150 Å². The standard InChI is InChI=1S/C29H34N3O9.Tl/c1-29(41-12-3-11-38-14-16-40-17-15-39-13-10-30-19-33)9-8-20-4-2-5-21-25(20)22(18-29)28(37)32(27(21)36)23-6-7-24(34)31-26(23)35;/h2,4-5,8-9,18,23H,3,6-7,10-17H2,1H3,(H,30,33)(H,31,34,35);. The molecule has 0 aromatic heterocycles. The van der Waals surface area contributed by atoms with Crippen LogP contribution in [0.5, 0.6) is 0 Å². The van der Waals surface area contributed by atoms with E-state index >= 15 is 0 Å². The summed E-state index contributed by atoms with van der Waals surface area (Å²) in [6.45, 7) is 5.35. The Bertz CT molecular complexity index is 1280. The minimum Gasteiger partial charge on any atom is -0.295 e. The van der Waals surface area contributed by atoms with Crippen LogP contribution in [0, 0.1) is 0 Å². The summed E-state index contributed by atoms with van der Waals surface area (Å²) in [6.07, 6.45) is 6.11. The van der Waals surface area contributed by atoms with Crippen molar-refractivity contribution in [3.05, 3.63) is 47.0 Å². The number of amides is 5. The number of ether oxygens (including phenoxy) is 4. The zero-order valence-electron chi connectivity index (χ0n) is 23.5. The summed E-state index contributed by atoms with van der Waals surface area (Å²) < 4.78 is 22.7. The molecular formula is C29H34N3O9Tl. The van der Waals surface area contributed by atoms with E-state index < -0.39 is 35.3 Å². The first-order valence-electron chi connectivity index (χ1n) is 13.9. The fraction of sp³-hybridized carbons (Fsp3) is 0.483. The van der Waals surface area contributed by atoms with Gasteiger partial charge in [0.1, 0.15) is 11.6 Å². The predicted octanol–water partition coefficient (Wildman–Crippen LogP) is 0.978. The molecule has 13 heteroatoms. The molecular weight excluding hydrogens is 739 g/mol. The van der Waals surface area contributed by atoms with Gasteiger partial charge < -0.3 is 4.74 Å². The Hall–Kier alpha value is -2.79. The van der Waals surface area contributed by atoms with E-state index in [1.165, 1.54) is 0 Å². The van der Waals surface area contributed by atoms with Crippen LogP contribution < -0.4 is 10.6 Å². The van der Waals surface area contributed by atoms with E-state index in [9.17, 15) is 24.0 Å². The normalized spacial score (nSPS) is 21.5. The van der Waals surface area contributed by atoms with Crippen molar-refractivity contribution >= 4 is 64.5 Å². The zero-order chi connectivity index (χ0) is 30.1. The third-order valence-electron chi connectivity index (χ3n) is 6.95. The Kier molecular flexibility index (Phi) is 11.5. The van der Waals surface area contributed by atoms with Crippen LogP contribution in [0.4, 0.5) is 4.79 Å². The van der Waals surface area contributed by atoms with Crippen LogP contribution in [-0.4, -0.2) is 122 Å². The first-order valence-corrected chi connectivity index (χ1v) is 16.1.